The highest BCUT2D eigenvalue weighted by atomic mass is 16.1. The fourth-order valence-corrected chi connectivity index (χ4v) is 2.55. The summed E-state index contributed by atoms with van der Waals surface area (Å²) < 4.78 is 0. The third kappa shape index (κ3) is 3.09. The van der Waals surface area contributed by atoms with Crippen LogP contribution in [0.1, 0.15) is 42.5 Å². The smallest absolute Gasteiger partial charge is 0.163 e. The first-order valence-electron chi connectivity index (χ1n) is 6.47. The van der Waals surface area contributed by atoms with Crippen LogP contribution in [0.25, 0.3) is 0 Å². The van der Waals surface area contributed by atoms with Gasteiger partial charge in [-0.15, -0.1) is 0 Å². The number of benzene rings is 1. The lowest BCUT2D eigenvalue weighted by atomic mass is 9.97. The first-order chi connectivity index (χ1) is 8.16. The first kappa shape index (κ1) is 12.2. The molecule has 0 N–H and O–H groups in total. The Kier molecular flexibility index (Phi) is 3.82. The number of carbonyl (C=O) groups is 1. The van der Waals surface area contributed by atoms with E-state index in [1.54, 1.807) is 0 Å². The first-order valence-corrected chi connectivity index (χ1v) is 6.47. The maximum atomic E-state index is 12.2. The Balaban J connectivity index is 2.05. The van der Waals surface area contributed by atoms with Gasteiger partial charge in [0.05, 0.1) is 0 Å². The number of nitrogens with zero attached hydrogens (tertiary/aromatic N) is 1. The summed E-state index contributed by atoms with van der Waals surface area (Å²) >= 11 is 0. The number of hydrogen-bond acceptors (Lipinski definition) is 2. The van der Waals surface area contributed by atoms with Gasteiger partial charge in [0, 0.05) is 31.8 Å². The second-order valence-corrected chi connectivity index (χ2v) is 5.22. The molecule has 1 aromatic carbocycles. The molecule has 1 aliphatic rings. The zero-order valence-corrected chi connectivity index (χ0v) is 10.8. The number of hydrogen-bond donors (Lipinski definition) is 0. The van der Waals surface area contributed by atoms with E-state index in [0.29, 0.717) is 11.7 Å². The third-order valence-electron chi connectivity index (χ3n) is 3.63. The van der Waals surface area contributed by atoms with Crippen molar-refractivity contribution in [3.05, 3.63) is 29.8 Å². The van der Waals surface area contributed by atoms with Gasteiger partial charge in [-0.2, -0.15) is 0 Å². The highest BCUT2D eigenvalue weighted by Gasteiger charge is 2.19. The summed E-state index contributed by atoms with van der Waals surface area (Å²) in [6.07, 6.45) is 5.81. The fraction of sp³-hybridized carbons (Fsp3) is 0.533. The second kappa shape index (κ2) is 5.35. The molecule has 1 saturated carbocycles. The minimum absolute atomic E-state index is 0.306. The number of Topliss-reactive ketones (excluding diaryl/α,β-unsaturated/α-hetero) is 1. The van der Waals surface area contributed by atoms with E-state index in [9.17, 15) is 4.79 Å². The Labute approximate surface area is 104 Å². The molecular formula is C15H21NO. The molecule has 0 saturated heterocycles. The quantitative estimate of drug-likeness (QED) is 0.739. The lowest BCUT2D eigenvalue weighted by Crippen LogP contribution is -2.10. The Morgan fingerprint density at radius 3 is 2.65 bits per heavy atom. The lowest BCUT2D eigenvalue weighted by molar-refractivity contribution is 0.0962. The highest BCUT2D eigenvalue weighted by molar-refractivity contribution is 5.97. The van der Waals surface area contributed by atoms with Crippen molar-refractivity contribution < 1.29 is 4.79 Å². The maximum absolute atomic E-state index is 12.2. The molecular weight excluding hydrogens is 210 g/mol. The zero-order chi connectivity index (χ0) is 12.3. The van der Waals surface area contributed by atoms with E-state index in [4.69, 9.17) is 0 Å². The summed E-state index contributed by atoms with van der Waals surface area (Å²) in [6, 6.07) is 7.94. The summed E-state index contributed by atoms with van der Waals surface area (Å²) in [5.74, 6) is 0.936. The van der Waals surface area contributed by atoms with Crippen LogP contribution in [-0.4, -0.2) is 19.9 Å². The third-order valence-corrected chi connectivity index (χ3v) is 3.63. The van der Waals surface area contributed by atoms with Crippen molar-refractivity contribution in [1.82, 2.24) is 0 Å². The molecule has 0 unspecified atom stereocenters. The van der Waals surface area contributed by atoms with E-state index in [1.165, 1.54) is 25.7 Å². The average molecular weight is 231 g/mol. The molecule has 0 spiro atoms. The lowest BCUT2D eigenvalue weighted by Gasteiger charge is -2.14. The monoisotopic (exact) mass is 231 g/mol. The van der Waals surface area contributed by atoms with Crippen LogP contribution >= 0.6 is 0 Å². The molecule has 2 heteroatoms. The zero-order valence-electron chi connectivity index (χ0n) is 10.8. The van der Waals surface area contributed by atoms with Crippen molar-refractivity contribution in [3.8, 4) is 0 Å². The van der Waals surface area contributed by atoms with Crippen LogP contribution in [0.5, 0.6) is 0 Å². The molecule has 1 aromatic rings. The molecule has 2 rings (SSSR count). The predicted octanol–water partition coefficient (Wildman–Crippen LogP) is 3.52. The van der Waals surface area contributed by atoms with Gasteiger partial charge in [-0.1, -0.05) is 37.8 Å². The van der Waals surface area contributed by atoms with Crippen LogP contribution in [0, 0.1) is 5.92 Å². The second-order valence-electron chi connectivity index (χ2n) is 5.22. The average Bonchev–Trinajstić information content (AvgIpc) is 2.82. The summed E-state index contributed by atoms with van der Waals surface area (Å²) in [5, 5.41) is 0. The van der Waals surface area contributed by atoms with Gasteiger partial charge in [-0.25, -0.2) is 0 Å². The van der Waals surface area contributed by atoms with E-state index in [2.05, 4.69) is 0 Å². The van der Waals surface area contributed by atoms with Crippen molar-refractivity contribution in [2.24, 2.45) is 5.92 Å². The topological polar surface area (TPSA) is 20.3 Å². The van der Waals surface area contributed by atoms with E-state index in [0.717, 1.165) is 17.7 Å². The minimum Gasteiger partial charge on any atom is -0.378 e. The molecule has 1 aliphatic carbocycles. The molecule has 0 atom stereocenters. The number of carbonyl (C=O) groups excluding carboxylic acids is 1. The predicted molar refractivity (Wildman–Crippen MR) is 71.7 cm³/mol. The molecule has 92 valence electrons. The molecule has 17 heavy (non-hydrogen) atoms. The van der Waals surface area contributed by atoms with Crippen molar-refractivity contribution in [3.63, 3.8) is 0 Å². The van der Waals surface area contributed by atoms with Crippen molar-refractivity contribution in [2.75, 3.05) is 19.0 Å². The molecule has 0 aliphatic heterocycles. The van der Waals surface area contributed by atoms with Gasteiger partial charge < -0.3 is 4.90 Å². The number of rotatable bonds is 4. The molecule has 0 aromatic heterocycles. The van der Waals surface area contributed by atoms with Gasteiger partial charge >= 0.3 is 0 Å². The minimum atomic E-state index is 0.306. The van der Waals surface area contributed by atoms with E-state index in [-0.39, 0.29) is 0 Å². The molecule has 2 nitrogen and oxygen atoms in total. The van der Waals surface area contributed by atoms with Crippen LogP contribution in [0.15, 0.2) is 24.3 Å². The van der Waals surface area contributed by atoms with Crippen molar-refractivity contribution in [1.29, 1.82) is 0 Å². The van der Waals surface area contributed by atoms with Crippen molar-refractivity contribution >= 4 is 11.5 Å². The SMILES string of the molecule is CN(C)c1cccc(C(=O)CC2CCCC2)c1. The van der Waals surface area contributed by atoms with Gasteiger partial charge in [0.15, 0.2) is 5.78 Å². The Morgan fingerprint density at radius 2 is 2.00 bits per heavy atom. The van der Waals surface area contributed by atoms with Crippen molar-refractivity contribution in [2.45, 2.75) is 32.1 Å². The van der Waals surface area contributed by atoms with E-state index in [1.807, 2.05) is 43.3 Å². The standard InChI is InChI=1S/C15H21NO/c1-16(2)14-9-5-8-13(11-14)15(17)10-12-6-3-4-7-12/h5,8-9,11-12H,3-4,6-7,10H2,1-2H3. The Bertz CT molecular complexity index is 392. The normalized spacial score (nSPS) is 16.1. The van der Waals surface area contributed by atoms with Gasteiger partial charge in [-0.05, 0) is 18.1 Å². The largest absolute Gasteiger partial charge is 0.378 e. The van der Waals surface area contributed by atoms with Crippen LogP contribution in [-0.2, 0) is 0 Å². The van der Waals surface area contributed by atoms with Gasteiger partial charge in [0.25, 0.3) is 0 Å². The van der Waals surface area contributed by atoms with E-state index >= 15 is 0 Å². The molecule has 0 amide bonds. The molecule has 1 fully saturated rings. The van der Waals surface area contributed by atoms with Crippen LogP contribution < -0.4 is 4.90 Å². The molecule has 0 bridgehead atoms. The van der Waals surface area contributed by atoms with Gasteiger partial charge in [0.1, 0.15) is 0 Å². The molecule has 0 radical (unpaired) electrons. The fourth-order valence-electron chi connectivity index (χ4n) is 2.55. The van der Waals surface area contributed by atoms with E-state index < -0.39 is 0 Å². The Hall–Kier alpha value is -1.31. The van der Waals surface area contributed by atoms with Crippen LogP contribution in [0.3, 0.4) is 0 Å². The summed E-state index contributed by atoms with van der Waals surface area (Å²) in [4.78, 5) is 14.2. The van der Waals surface area contributed by atoms with Gasteiger partial charge in [0.2, 0.25) is 0 Å². The van der Waals surface area contributed by atoms with Gasteiger partial charge in [-0.3, -0.25) is 4.79 Å². The Morgan fingerprint density at radius 1 is 1.29 bits per heavy atom. The number of ketones is 1. The number of anilines is 1. The summed E-state index contributed by atoms with van der Waals surface area (Å²) in [7, 11) is 4.00. The highest BCUT2D eigenvalue weighted by Crippen LogP contribution is 2.29. The molecule has 0 heterocycles. The summed E-state index contributed by atoms with van der Waals surface area (Å²) in [6.45, 7) is 0. The maximum Gasteiger partial charge on any atom is 0.163 e. The summed E-state index contributed by atoms with van der Waals surface area (Å²) in [5.41, 5.74) is 1.96. The van der Waals surface area contributed by atoms with Crippen LogP contribution in [0.2, 0.25) is 0 Å². The van der Waals surface area contributed by atoms with Crippen LogP contribution in [0.4, 0.5) is 5.69 Å².